The number of ketones is 1. The number of aromatic nitrogens is 3. The van der Waals surface area contributed by atoms with Crippen LogP contribution in [-0.4, -0.2) is 88.7 Å². The number of pyridine rings is 1. The number of Topliss-reactive ketones (excluding diaryl/α,β-unsaturated/α-hetero) is 1. The third-order valence-corrected chi connectivity index (χ3v) is 14.1. The van der Waals surface area contributed by atoms with Crippen molar-refractivity contribution in [2.45, 2.75) is 149 Å². The van der Waals surface area contributed by atoms with Crippen LogP contribution in [0.1, 0.15) is 110 Å². The topological polar surface area (TPSA) is 134 Å². The van der Waals surface area contributed by atoms with Gasteiger partial charge in [0.05, 0.1) is 11.7 Å². The Labute approximate surface area is 366 Å². The van der Waals surface area contributed by atoms with Crippen molar-refractivity contribution in [1.29, 1.82) is 0 Å². The molecule has 3 aromatic rings. The molecule has 2 aromatic heterocycles. The van der Waals surface area contributed by atoms with Gasteiger partial charge in [0.25, 0.3) is 5.56 Å². The van der Waals surface area contributed by atoms with E-state index in [0.717, 1.165) is 85.2 Å². The second-order valence-corrected chi connectivity index (χ2v) is 25.5. The van der Waals surface area contributed by atoms with E-state index in [1.807, 2.05) is 68.9 Å². The van der Waals surface area contributed by atoms with Crippen LogP contribution in [-0.2, 0) is 37.1 Å². The Bertz CT molecular complexity index is 1960. The lowest BCUT2D eigenvalue weighted by Crippen LogP contribution is -2.43. The molecule has 1 aromatic carbocycles. The minimum Gasteiger partial charge on any atom is -0.444 e. The number of benzene rings is 1. The van der Waals surface area contributed by atoms with Crippen LogP contribution in [0.2, 0.25) is 25.7 Å². The molecule has 2 atom stereocenters. The van der Waals surface area contributed by atoms with Crippen LogP contribution < -0.4 is 10.9 Å². The summed E-state index contributed by atoms with van der Waals surface area (Å²) in [4.78, 5) is 59.5. The second-order valence-electron chi connectivity index (χ2n) is 19.1. The zero-order valence-electron chi connectivity index (χ0n) is 37.3. The highest BCUT2D eigenvalue weighted by Crippen LogP contribution is 2.59. The van der Waals surface area contributed by atoms with Crippen molar-refractivity contribution >= 4 is 52.6 Å². The fraction of sp³-hybridized carbons (Fsp3) is 0.674. The maximum Gasteiger partial charge on any atom is 0.410 e. The van der Waals surface area contributed by atoms with Crippen molar-refractivity contribution in [3.63, 3.8) is 0 Å². The number of nitrogens with zero attached hydrogens (tertiary/aromatic N) is 4. The SMILES string of the molecule is CCC(=O)CCCCC[C@H](NC(=O)[C@H]1CC12CCN(C(=O)OC(C)(C)C)CC2)c1nc(-c2ccc3c(=O)n(CCCOCCCBr)ccc3c2)cn1COCC[Si](C)(C)C. The highest BCUT2D eigenvalue weighted by Gasteiger charge is 2.59. The molecule has 60 heavy (non-hydrogen) atoms. The average Bonchev–Trinajstić information content (AvgIpc) is 3.72. The van der Waals surface area contributed by atoms with Gasteiger partial charge < -0.3 is 33.6 Å². The van der Waals surface area contributed by atoms with Gasteiger partial charge in [-0.2, -0.15) is 0 Å². The predicted molar refractivity (Wildman–Crippen MR) is 244 cm³/mol. The third kappa shape index (κ3) is 13.8. The molecule has 0 bridgehead atoms. The maximum atomic E-state index is 14.2. The molecule has 1 saturated heterocycles. The molecule has 12 nitrogen and oxygen atoms in total. The number of aryl methyl sites for hydroxylation is 1. The number of alkyl halides is 1. The van der Waals surface area contributed by atoms with Crippen LogP contribution in [0.25, 0.3) is 22.0 Å². The summed E-state index contributed by atoms with van der Waals surface area (Å²) < 4.78 is 21.4. The number of carbonyl (C=O) groups excluding carboxylic acids is 3. The van der Waals surface area contributed by atoms with Crippen LogP contribution in [0.4, 0.5) is 4.79 Å². The summed E-state index contributed by atoms with van der Waals surface area (Å²) in [5.74, 6) is 0.900. The first kappa shape index (κ1) is 47.7. The summed E-state index contributed by atoms with van der Waals surface area (Å²) in [5, 5.41) is 5.84. The molecule has 1 aliphatic carbocycles. The van der Waals surface area contributed by atoms with E-state index in [2.05, 4.69) is 40.9 Å². The van der Waals surface area contributed by atoms with E-state index in [0.29, 0.717) is 70.8 Å². The molecule has 1 N–H and O–H groups in total. The molecule has 1 aliphatic heterocycles. The monoisotopic (exact) mass is 911 g/mol. The zero-order valence-corrected chi connectivity index (χ0v) is 39.9. The molecule has 0 unspecified atom stereocenters. The molecule has 332 valence electrons. The Hall–Kier alpha value is -3.33. The van der Waals surface area contributed by atoms with Crippen molar-refractivity contribution in [3.05, 3.63) is 52.8 Å². The number of rotatable bonds is 23. The zero-order chi connectivity index (χ0) is 43.5. The lowest BCUT2D eigenvalue weighted by atomic mass is 9.90. The first-order valence-electron chi connectivity index (χ1n) is 22.2. The van der Waals surface area contributed by atoms with Crippen molar-refractivity contribution in [2.75, 3.05) is 38.2 Å². The molecule has 2 fully saturated rings. The standard InChI is InChI=1S/C46H70BrN5O7Si/c1-8-36(53)14-10-9-11-15-39(49-42(54)38-31-46(38)19-24-51(25-20-46)44(56)59-45(2,3)4)41-48-40(32-52(41)33-58-28-29-60(5,6)7)35-16-17-37-34(30-35)18-23-50(43(37)55)22-13-27-57-26-12-21-47/h16-18,23,30,32,38-39H,8-15,19-22,24-29,31,33H2,1-7H3,(H,49,54)/t38-,39+/m1/s1. The lowest BCUT2D eigenvalue weighted by Gasteiger charge is -2.34. The Morgan fingerprint density at radius 2 is 1.73 bits per heavy atom. The number of piperidine rings is 1. The number of fused-ring (bicyclic) bond motifs is 1. The average molecular weight is 913 g/mol. The third-order valence-electron chi connectivity index (χ3n) is 11.8. The number of unbranched alkanes of at least 4 members (excludes halogenated alkanes) is 2. The fourth-order valence-corrected chi connectivity index (χ4v) is 8.99. The van der Waals surface area contributed by atoms with Crippen LogP contribution in [0.15, 0.2) is 41.5 Å². The molecule has 1 saturated carbocycles. The number of hydrogen-bond donors (Lipinski definition) is 1. The number of nitrogens with one attached hydrogen (secondary N) is 1. The molecular weight excluding hydrogens is 843 g/mol. The largest absolute Gasteiger partial charge is 0.444 e. The number of carbonyl (C=O) groups is 3. The van der Waals surface area contributed by atoms with E-state index in [4.69, 9.17) is 19.2 Å². The van der Waals surface area contributed by atoms with E-state index in [1.54, 1.807) is 9.47 Å². The lowest BCUT2D eigenvalue weighted by molar-refractivity contribution is -0.124. The number of halogens is 1. The fourth-order valence-electron chi connectivity index (χ4n) is 8.01. The van der Waals surface area contributed by atoms with Gasteiger partial charge in [0, 0.05) is 95.0 Å². The van der Waals surface area contributed by atoms with Gasteiger partial charge in [0.15, 0.2) is 0 Å². The molecule has 14 heteroatoms. The quantitative estimate of drug-likeness (QED) is 0.0565. The number of amides is 2. The van der Waals surface area contributed by atoms with Crippen LogP contribution in [0.3, 0.4) is 0 Å². The van der Waals surface area contributed by atoms with Crippen molar-refractivity contribution in [2.24, 2.45) is 11.3 Å². The predicted octanol–water partition coefficient (Wildman–Crippen LogP) is 9.49. The molecule has 2 amide bonds. The van der Waals surface area contributed by atoms with Gasteiger partial charge >= 0.3 is 6.09 Å². The molecule has 1 spiro atoms. The Morgan fingerprint density at radius 1 is 0.983 bits per heavy atom. The van der Waals surface area contributed by atoms with Crippen LogP contribution >= 0.6 is 15.9 Å². The maximum absolute atomic E-state index is 14.2. The minimum absolute atomic E-state index is 0.0233. The minimum atomic E-state index is -1.33. The normalized spacial score (nSPS) is 16.9. The smallest absolute Gasteiger partial charge is 0.410 e. The van der Waals surface area contributed by atoms with Gasteiger partial charge in [-0.05, 0) is 101 Å². The van der Waals surface area contributed by atoms with Crippen molar-refractivity contribution < 1.29 is 28.6 Å². The van der Waals surface area contributed by atoms with E-state index in [9.17, 15) is 19.2 Å². The van der Waals surface area contributed by atoms with Gasteiger partial charge in [-0.3, -0.25) is 14.4 Å². The van der Waals surface area contributed by atoms with E-state index < -0.39 is 13.7 Å². The van der Waals surface area contributed by atoms with Crippen LogP contribution in [0.5, 0.6) is 0 Å². The van der Waals surface area contributed by atoms with Crippen LogP contribution in [0, 0.1) is 11.3 Å². The summed E-state index contributed by atoms with van der Waals surface area (Å²) in [7, 11) is -1.33. The summed E-state index contributed by atoms with van der Waals surface area (Å²) in [6.07, 6.45) is 11.9. The molecule has 3 heterocycles. The number of hydrogen-bond acceptors (Lipinski definition) is 8. The first-order valence-corrected chi connectivity index (χ1v) is 27.1. The van der Waals surface area contributed by atoms with Gasteiger partial charge in [0.2, 0.25) is 5.91 Å². The van der Waals surface area contributed by atoms with Gasteiger partial charge in [0.1, 0.15) is 23.9 Å². The first-order chi connectivity index (χ1) is 28.5. The summed E-state index contributed by atoms with van der Waals surface area (Å²) >= 11 is 3.42. The summed E-state index contributed by atoms with van der Waals surface area (Å²) in [6, 6.07) is 8.50. The molecule has 2 aliphatic rings. The van der Waals surface area contributed by atoms with Crippen molar-refractivity contribution in [1.82, 2.24) is 24.3 Å². The van der Waals surface area contributed by atoms with Gasteiger partial charge in [-0.25, -0.2) is 9.78 Å². The Kier molecular flexibility index (Phi) is 17.2. The Morgan fingerprint density at radius 3 is 2.43 bits per heavy atom. The molecule has 5 rings (SSSR count). The molecule has 0 radical (unpaired) electrons. The Balaban J connectivity index is 1.36. The highest BCUT2D eigenvalue weighted by atomic mass is 79.9. The van der Waals surface area contributed by atoms with Crippen molar-refractivity contribution in [3.8, 4) is 11.3 Å². The van der Waals surface area contributed by atoms with E-state index >= 15 is 0 Å². The summed E-state index contributed by atoms with van der Waals surface area (Å²) in [6.45, 7) is 18.5. The highest BCUT2D eigenvalue weighted by molar-refractivity contribution is 9.09. The summed E-state index contributed by atoms with van der Waals surface area (Å²) in [5.41, 5.74) is 0.926. The number of imidazole rings is 1. The molecular formula is C46H70BrN5O7Si. The number of likely N-dealkylation sites (tertiary alicyclic amines) is 1. The van der Waals surface area contributed by atoms with Gasteiger partial charge in [-0.15, -0.1) is 0 Å². The van der Waals surface area contributed by atoms with E-state index in [1.165, 1.54) is 0 Å². The second kappa shape index (κ2) is 21.6. The number of ether oxygens (including phenoxy) is 3. The van der Waals surface area contributed by atoms with Gasteiger partial charge in [-0.1, -0.05) is 61.4 Å². The van der Waals surface area contributed by atoms with E-state index in [-0.39, 0.29) is 40.7 Å².